The van der Waals surface area contributed by atoms with Crippen molar-refractivity contribution in [1.29, 1.82) is 0 Å². The van der Waals surface area contributed by atoms with Crippen molar-refractivity contribution in [2.75, 3.05) is 5.32 Å². The summed E-state index contributed by atoms with van der Waals surface area (Å²) in [6, 6.07) is 13.2. The van der Waals surface area contributed by atoms with Crippen LogP contribution in [0.2, 0.25) is 0 Å². The van der Waals surface area contributed by atoms with Crippen molar-refractivity contribution in [3.63, 3.8) is 0 Å². The molecular weight excluding hydrogens is 422 g/mol. The second-order valence-electron chi connectivity index (χ2n) is 6.54. The molecular formula is C21H12F6N4. The highest BCUT2D eigenvalue weighted by atomic mass is 19.4. The van der Waals surface area contributed by atoms with Crippen molar-refractivity contribution < 1.29 is 26.3 Å². The van der Waals surface area contributed by atoms with E-state index in [9.17, 15) is 26.3 Å². The lowest BCUT2D eigenvalue weighted by molar-refractivity contribution is -0.137. The van der Waals surface area contributed by atoms with Gasteiger partial charge in [0.1, 0.15) is 12.1 Å². The number of rotatable bonds is 3. The maximum absolute atomic E-state index is 13.9. The van der Waals surface area contributed by atoms with E-state index in [1.54, 1.807) is 30.3 Å². The summed E-state index contributed by atoms with van der Waals surface area (Å²) in [5, 5.41) is 2.10. The number of halogens is 6. The van der Waals surface area contributed by atoms with E-state index in [1.807, 2.05) is 0 Å². The molecule has 2 aromatic carbocycles. The Labute approximate surface area is 171 Å². The van der Waals surface area contributed by atoms with Crippen LogP contribution in [0.1, 0.15) is 11.1 Å². The van der Waals surface area contributed by atoms with Gasteiger partial charge < -0.3 is 5.32 Å². The van der Waals surface area contributed by atoms with Gasteiger partial charge >= 0.3 is 12.4 Å². The van der Waals surface area contributed by atoms with Gasteiger partial charge in [0, 0.05) is 11.3 Å². The highest BCUT2D eigenvalue weighted by Gasteiger charge is 2.35. The predicted octanol–water partition coefficient (Wildman–Crippen LogP) is 6.47. The van der Waals surface area contributed by atoms with Gasteiger partial charge in [-0.05, 0) is 24.3 Å². The lowest BCUT2D eigenvalue weighted by atomic mass is 10.1. The summed E-state index contributed by atoms with van der Waals surface area (Å²) in [6.45, 7) is 0. The summed E-state index contributed by atoms with van der Waals surface area (Å²) in [5.74, 6) is -0.302. The zero-order valence-corrected chi connectivity index (χ0v) is 15.5. The van der Waals surface area contributed by atoms with Crippen LogP contribution < -0.4 is 5.32 Å². The lowest BCUT2D eigenvalue weighted by Crippen LogP contribution is -2.10. The molecule has 0 aliphatic carbocycles. The molecule has 0 amide bonds. The van der Waals surface area contributed by atoms with Gasteiger partial charge in [-0.3, -0.25) is 0 Å². The fourth-order valence-corrected chi connectivity index (χ4v) is 3.05. The van der Waals surface area contributed by atoms with Crippen molar-refractivity contribution in [3.8, 4) is 11.3 Å². The van der Waals surface area contributed by atoms with Crippen LogP contribution in [-0.4, -0.2) is 15.0 Å². The number of fused-ring (bicyclic) bond motifs is 1. The summed E-state index contributed by atoms with van der Waals surface area (Å²) in [4.78, 5) is 11.9. The molecule has 0 aliphatic heterocycles. The van der Waals surface area contributed by atoms with Crippen molar-refractivity contribution in [2.24, 2.45) is 0 Å². The normalized spacial score (nSPS) is 12.2. The molecule has 0 spiro atoms. The minimum Gasteiger partial charge on any atom is -0.340 e. The highest BCUT2D eigenvalue weighted by molar-refractivity contribution is 5.93. The number of benzene rings is 2. The Kier molecular flexibility index (Phi) is 5.00. The van der Waals surface area contributed by atoms with Crippen LogP contribution >= 0.6 is 0 Å². The van der Waals surface area contributed by atoms with Crippen LogP contribution in [0.15, 0.2) is 67.0 Å². The number of alkyl halides is 6. The number of nitrogens with zero attached hydrogens (tertiary/aromatic N) is 3. The Morgan fingerprint density at radius 1 is 0.742 bits per heavy atom. The fourth-order valence-electron chi connectivity index (χ4n) is 3.05. The average Bonchev–Trinajstić information content (AvgIpc) is 2.73. The topological polar surface area (TPSA) is 50.7 Å². The van der Waals surface area contributed by atoms with Crippen LogP contribution in [0, 0.1) is 0 Å². The number of hydrogen-bond acceptors (Lipinski definition) is 4. The Morgan fingerprint density at radius 2 is 1.48 bits per heavy atom. The molecule has 158 valence electrons. The molecule has 0 radical (unpaired) electrons. The summed E-state index contributed by atoms with van der Waals surface area (Å²) in [6.07, 6.45) is -8.38. The smallest absolute Gasteiger partial charge is 0.340 e. The number of anilines is 2. The third-order valence-corrected chi connectivity index (χ3v) is 4.43. The summed E-state index contributed by atoms with van der Waals surface area (Å²) in [7, 11) is 0. The van der Waals surface area contributed by atoms with Crippen molar-refractivity contribution in [2.45, 2.75) is 12.4 Å². The highest BCUT2D eigenvalue weighted by Crippen LogP contribution is 2.39. The minimum absolute atomic E-state index is 0.0594. The molecule has 0 unspecified atom stereocenters. The van der Waals surface area contributed by atoms with E-state index in [-0.39, 0.29) is 22.8 Å². The van der Waals surface area contributed by atoms with Gasteiger partial charge in [-0.25, -0.2) is 15.0 Å². The number of nitrogens with one attached hydrogen (secondary N) is 1. The summed E-state index contributed by atoms with van der Waals surface area (Å²) >= 11 is 0. The van der Waals surface area contributed by atoms with E-state index in [0.717, 1.165) is 30.6 Å². The first-order chi connectivity index (χ1) is 14.6. The van der Waals surface area contributed by atoms with Crippen molar-refractivity contribution in [1.82, 2.24) is 15.0 Å². The summed E-state index contributed by atoms with van der Waals surface area (Å²) in [5.41, 5.74) is -1.79. The molecule has 1 N–H and O–H groups in total. The van der Waals surface area contributed by atoms with Gasteiger partial charge in [0.2, 0.25) is 0 Å². The van der Waals surface area contributed by atoms with Gasteiger partial charge in [0.15, 0.2) is 5.65 Å². The van der Waals surface area contributed by atoms with Gasteiger partial charge in [-0.15, -0.1) is 0 Å². The molecule has 2 aromatic heterocycles. The Hall–Kier alpha value is -3.69. The van der Waals surface area contributed by atoms with E-state index < -0.39 is 28.9 Å². The maximum Gasteiger partial charge on any atom is 0.417 e. The second-order valence-corrected chi connectivity index (χ2v) is 6.54. The minimum atomic E-state index is -4.78. The maximum atomic E-state index is 13.9. The predicted molar refractivity (Wildman–Crippen MR) is 102 cm³/mol. The number of aromatic nitrogens is 3. The quantitative estimate of drug-likeness (QED) is 0.376. The number of hydrogen-bond donors (Lipinski definition) is 1. The van der Waals surface area contributed by atoms with Gasteiger partial charge in [-0.1, -0.05) is 36.4 Å². The Morgan fingerprint density at radius 3 is 2.16 bits per heavy atom. The molecule has 0 aliphatic rings. The molecule has 0 saturated heterocycles. The molecule has 0 fully saturated rings. The van der Waals surface area contributed by atoms with E-state index in [0.29, 0.717) is 5.56 Å². The molecule has 0 bridgehead atoms. The SMILES string of the molecule is FC(F)(F)c1cccc(Nc2ncnc3nc(-c4ccccc4)cc(C(F)(F)F)c23)c1. The molecule has 10 heteroatoms. The number of pyridine rings is 1. The van der Waals surface area contributed by atoms with Crippen LogP contribution in [0.4, 0.5) is 37.8 Å². The first-order valence-electron chi connectivity index (χ1n) is 8.85. The molecule has 31 heavy (non-hydrogen) atoms. The van der Waals surface area contributed by atoms with E-state index in [4.69, 9.17) is 0 Å². The molecule has 0 saturated carbocycles. The monoisotopic (exact) mass is 434 g/mol. The lowest BCUT2D eigenvalue weighted by Gasteiger charge is -2.16. The van der Waals surface area contributed by atoms with Crippen LogP contribution in [-0.2, 0) is 12.4 Å². The van der Waals surface area contributed by atoms with Gasteiger partial charge in [0.25, 0.3) is 0 Å². The Bertz CT molecular complexity index is 1240. The molecule has 4 rings (SSSR count). The molecule has 4 nitrogen and oxygen atoms in total. The fraction of sp³-hybridized carbons (Fsp3) is 0.0952. The van der Waals surface area contributed by atoms with Crippen LogP contribution in [0.5, 0.6) is 0 Å². The van der Waals surface area contributed by atoms with E-state index in [1.165, 1.54) is 6.07 Å². The molecule has 2 heterocycles. The standard InChI is InChI=1S/C21H12F6N4/c22-20(23,24)13-7-4-8-14(9-13)30-18-17-15(21(25,26)27)10-16(12-5-2-1-3-6-12)31-19(17)29-11-28-18/h1-11H,(H,28,29,30,31). The van der Waals surface area contributed by atoms with Gasteiger partial charge in [0.05, 0.1) is 22.2 Å². The van der Waals surface area contributed by atoms with Crippen LogP contribution in [0.25, 0.3) is 22.3 Å². The first-order valence-corrected chi connectivity index (χ1v) is 8.85. The zero-order valence-electron chi connectivity index (χ0n) is 15.5. The third-order valence-electron chi connectivity index (χ3n) is 4.43. The summed E-state index contributed by atoms with van der Waals surface area (Å²) < 4.78 is 80.6. The van der Waals surface area contributed by atoms with Gasteiger partial charge in [-0.2, -0.15) is 26.3 Å². The largest absolute Gasteiger partial charge is 0.417 e. The van der Waals surface area contributed by atoms with E-state index >= 15 is 0 Å². The molecule has 0 atom stereocenters. The second kappa shape index (κ2) is 7.53. The van der Waals surface area contributed by atoms with Crippen molar-refractivity contribution in [3.05, 3.63) is 78.1 Å². The zero-order chi connectivity index (χ0) is 22.2. The third kappa shape index (κ3) is 4.27. The Balaban J connectivity index is 1.88. The van der Waals surface area contributed by atoms with E-state index in [2.05, 4.69) is 20.3 Å². The van der Waals surface area contributed by atoms with Crippen LogP contribution in [0.3, 0.4) is 0 Å². The average molecular weight is 434 g/mol. The first kappa shape index (κ1) is 20.6. The van der Waals surface area contributed by atoms with Crippen molar-refractivity contribution >= 4 is 22.5 Å². The molecule has 4 aromatic rings.